The summed E-state index contributed by atoms with van der Waals surface area (Å²) < 4.78 is 12.5. The van der Waals surface area contributed by atoms with Crippen LogP contribution in [0.2, 0.25) is 0 Å². The van der Waals surface area contributed by atoms with Gasteiger partial charge >= 0.3 is 0 Å². The van der Waals surface area contributed by atoms with E-state index in [1.165, 1.54) is 5.56 Å². The molecule has 0 radical (unpaired) electrons. The Labute approximate surface area is 130 Å². The van der Waals surface area contributed by atoms with Gasteiger partial charge in [-0.25, -0.2) is 0 Å². The van der Waals surface area contributed by atoms with E-state index in [2.05, 4.69) is 53.3 Å². The van der Waals surface area contributed by atoms with Crippen molar-refractivity contribution in [2.24, 2.45) is 0 Å². The van der Waals surface area contributed by atoms with Gasteiger partial charge in [-0.1, -0.05) is 28.9 Å². The Morgan fingerprint density at radius 2 is 2.15 bits per heavy atom. The highest BCUT2D eigenvalue weighted by atomic mass is 79.9. The van der Waals surface area contributed by atoms with E-state index in [4.69, 9.17) is 9.47 Å². The highest BCUT2D eigenvalue weighted by Gasteiger charge is 2.16. The lowest BCUT2D eigenvalue weighted by atomic mass is 10.1. The van der Waals surface area contributed by atoms with Gasteiger partial charge in [0.2, 0.25) is 0 Å². The van der Waals surface area contributed by atoms with E-state index in [0.717, 1.165) is 49.2 Å². The minimum atomic E-state index is 0.289. The molecule has 1 aliphatic rings. The predicted molar refractivity (Wildman–Crippen MR) is 85.3 cm³/mol. The van der Waals surface area contributed by atoms with Crippen LogP contribution in [0, 0.1) is 0 Å². The Balaban J connectivity index is 1.97. The van der Waals surface area contributed by atoms with Crippen molar-refractivity contribution in [3.63, 3.8) is 0 Å². The Bertz CT molecular complexity index is 419. The molecule has 4 heteroatoms. The molecule has 20 heavy (non-hydrogen) atoms. The molecule has 0 amide bonds. The van der Waals surface area contributed by atoms with Crippen molar-refractivity contribution < 1.29 is 9.47 Å². The maximum Gasteiger partial charge on any atom is 0.120 e. The number of ether oxygens (including phenoxy) is 2. The molecule has 0 saturated carbocycles. The van der Waals surface area contributed by atoms with E-state index in [0.29, 0.717) is 6.04 Å². The third-order valence-corrected chi connectivity index (χ3v) is 4.30. The van der Waals surface area contributed by atoms with E-state index in [-0.39, 0.29) is 6.10 Å². The van der Waals surface area contributed by atoms with Gasteiger partial charge in [0.15, 0.2) is 0 Å². The molecule has 2 rings (SSSR count). The van der Waals surface area contributed by atoms with Crippen molar-refractivity contribution in [3.8, 4) is 5.75 Å². The summed E-state index contributed by atoms with van der Waals surface area (Å²) >= 11 is 3.66. The summed E-state index contributed by atoms with van der Waals surface area (Å²) in [6.45, 7) is 7.02. The van der Waals surface area contributed by atoms with Gasteiger partial charge in [0, 0.05) is 23.4 Å². The van der Waals surface area contributed by atoms with Crippen molar-refractivity contribution in [1.82, 2.24) is 5.32 Å². The lowest BCUT2D eigenvalue weighted by molar-refractivity contribution is 0.0255. The molecule has 1 aromatic carbocycles. The van der Waals surface area contributed by atoms with Crippen molar-refractivity contribution in [1.29, 1.82) is 0 Å². The van der Waals surface area contributed by atoms with Gasteiger partial charge in [0.1, 0.15) is 11.9 Å². The summed E-state index contributed by atoms with van der Waals surface area (Å²) in [4.78, 5) is 0. The van der Waals surface area contributed by atoms with E-state index >= 15 is 0 Å². The van der Waals surface area contributed by atoms with Gasteiger partial charge in [0.25, 0.3) is 0 Å². The molecule has 1 saturated heterocycles. The van der Waals surface area contributed by atoms with Crippen LogP contribution >= 0.6 is 15.9 Å². The fraction of sp³-hybridized carbons (Fsp3) is 0.625. The minimum Gasteiger partial charge on any atom is -0.490 e. The van der Waals surface area contributed by atoms with Crippen LogP contribution in [-0.4, -0.2) is 25.9 Å². The molecule has 0 bridgehead atoms. The molecule has 1 N–H and O–H groups in total. The summed E-state index contributed by atoms with van der Waals surface area (Å²) in [5.74, 6) is 0.940. The maximum atomic E-state index is 6.02. The number of benzene rings is 1. The Hall–Kier alpha value is -0.580. The smallest absolute Gasteiger partial charge is 0.120 e. The lowest BCUT2D eigenvalue weighted by Gasteiger charge is -2.24. The predicted octanol–water partition coefficient (Wildman–Crippen LogP) is 4.07. The number of rotatable bonds is 6. The molecule has 1 aliphatic heterocycles. The molecule has 1 atom stereocenters. The standard InChI is InChI=1S/C16H24BrNO2/c1-3-8-18-12(2)15-5-4-14(11-16(15)17)20-13-6-9-19-10-7-13/h4-5,11-13,18H,3,6-10H2,1-2H3. The van der Waals surface area contributed by atoms with E-state index in [1.54, 1.807) is 0 Å². The summed E-state index contributed by atoms with van der Waals surface area (Å²) in [5.41, 5.74) is 1.28. The van der Waals surface area contributed by atoms with Crippen molar-refractivity contribution in [2.75, 3.05) is 19.8 Å². The number of nitrogens with one attached hydrogen (secondary N) is 1. The second-order valence-corrected chi connectivity index (χ2v) is 6.14. The summed E-state index contributed by atoms with van der Waals surface area (Å²) in [6, 6.07) is 6.64. The Morgan fingerprint density at radius 1 is 1.40 bits per heavy atom. The largest absolute Gasteiger partial charge is 0.490 e. The minimum absolute atomic E-state index is 0.289. The third kappa shape index (κ3) is 4.47. The normalized spacial score (nSPS) is 17.9. The number of hydrogen-bond acceptors (Lipinski definition) is 3. The fourth-order valence-electron chi connectivity index (χ4n) is 2.39. The second kappa shape index (κ2) is 8.01. The second-order valence-electron chi connectivity index (χ2n) is 5.29. The van der Waals surface area contributed by atoms with Crippen molar-refractivity contribution in [3.05, 3.63) is 28.2 Å². The molecule has 0 aromatic heterocycles. The Kier molecular flexibility index (Phi) is 6.33. The van der Waals surface area contributed by atoms with E-state index in [1.807, 2.05) is 0 Å². The molecular formula is C16H24BrNO2. The lowest BCUT2D eigenvalue weighted by Crippen LogP contribution is -2.26. The average molecular weight is 342 g/mol. The molecule has 1 fully saturated rings. The van der Waals surface area contributed by atoms with Crippen LogP contribution in [0.15, 0.2) is 22.7 Å². The zero-order chi connectivity index (χ0) is 14.4. The van der Waals surface area contributed by atoms with Gasteiger partial charge in [0.05, 0.1) is 13.2 Å². The highest BCUT2D eigenvalue weighted by Crippen LogP contribution is 2.29. The molecule has 1 aromatic rings. The summed E-state index contributed by atoms with van der Waals surface area (Å²) in [5, 5.41) is 3.50. The van der Waals surface area contributed by atoms with Crippen molar-refractivity contribution in [2.45, 2.75) is 45.3 Å². The first kappa shape index (κ1) is 15.8. The molecular weight excluding hydrogens is 318 g/mol. The number of hydrogen-bond donors (Lipinski definition) is 1. The molecule has 3 nitrogen and oxygen atoms in total. The van der Waals surface area contributed by atoms with Crippen LogP contribution in [0.1, 0.15) is 44.7 Å². The van der Waals surface area contributed by atoms with E-state index in [9.17, 15) is 0 Å². The van der Waals surface area contributed by atoms with Gasteiger partial charge in [-0.3, -0.25) is 0 Å². The molecule has 1 heterocycles. The van der Waals surface area contributed by atoms with Gasteiger partial charge in [-0.15, -0.1) is 0 Å². The van der Waals surface area contributed by atoms with Crippen LogP contribution in [0.3, 0.4) is 0 Å². The van der Waals surface area contributed by atoms with Gasteiger partial charge in [-0.2, -0.15) is 0 Å². The Morgan fingerprint density at radius 3 is 2.80 bits per heavy atom. The zero-order valence-corrected chi connectivity index (χ0v) is 13.9. The summed E-state index contributed by atoms with van der Waals surface area (Å²) in [6.07, 6.45) is 3.39. The maximum absolute atomic E-state index is 6.02. The highest BCUT2D eigenvalue weighted by molar-refractivity contribution is 9.10. The van der Waals surface area contributed by atoms with Crippen LogP contribution in [0.4, 0.5) is 0 Å². The van der Waals surface area contributed by atoms with Crippen molar-refractivity contribution >= 4 is 15.9 Å². The van der Waals surface area contributed by atoms with Crippen LogP contribution in [0.25, 0.3) is 0 Å². The zero-order valence-electron chi connectivity index (χ0n) is 12.3. The SMILES string of the molecule is CCCNC(C)c1ccc(OC2CCOCC2)cc1Br. The molecule has 112 valence electrons. The van der Waals surface area contributed by atoms with Crippen LogP contribution in [0.5, 0.6) is 5.75 Å². The first-order valence-electron chi connectivity index (χ1n) is 7.48. The number of halogens is 1. The first-order chi connectivity index (χ1) is 9.70. The van der Waals surface area contributed by atoms with Crippen LogP contribution < -0.4 is 10.1 Å². The average Bonchev–Trinajstić information content (AvgIpc) is 2.46. The topological polar surface area (TPSA) is 30.5 Å². The fourth-order valence-corrected chi connectivity index (χ4v) is 3.09. The monoisotopic (exact) mass is 341 g/mol. The first-order valence-corrected chi connectivity index (χ1v) is 8.27. The third-order valence-electron chi connectivity index (χ3n) is 3.61. The van der Waals surface area contributed by atoms with Gasteiger partial charge < -0.3 is 14.8 Å². The van der Waals surface area contributed by atoms with Crippen LogP contribution in [-0.2, 0) is 4.74 Å². The summed E-state index contributed by atoms with van der Waals surface area (Å²) in [7, 11) is 0. The molecule has 0 spiro atoms. The quantitative estimate of drug-likeness (QED) is 0.845. The van der Waals surface area contributed by atoms with E-state index < -0.39 is 0 Å². The molecule has 1 unspecified atom stereocenters. The molecule has 0 aliphatic carbocycles. The van der Waals surface area contributed by atoms with Gasteiger partial charge in [-0.05, 0) is 37.6 Å².